The normalized spacial score (nSPS) is 10.7. The molecule has 0 heterocycles. The predicted octanol–water partition coefficient (Wildman–Crippen LogP) is 2.18. The SMILES string of the molecule is C/C=C/COc1ccc(CCO)cc1. The third-order valence-corrected chi connectivity index (χ3v) is 1.91. The van der Waals surface area contributed by atoms with Gasteiger partial charge in [-0.05, 0) is 31.0 Å². The van der Waals surface area contributed by atoms with Gasteiger partial charge in [-0.1, -0.05) is 24.3 Å². The second-order valence-electron chi connectivity index (χ2n) is 3.00. The molecule has 1 rings (SSSR count). The lowest BCUT2D eigenvalue weighted by Crippen LogP contribution is -1.94. The summed E-state index contributed by atoms with van der Waals surface area (Å²) >= 11 is 0. The zero-order chi connectivity index (χ0) is 10.2. The Morgan fingerprint density at radius 3 is 2.57 bits per heavy atom. The van der Waals surface area contributed by atoms with Gasteiger partial charge >= 0.3 is 0 Å². The Morgan fingerprint density at radius 2 is 2.00 bits per heavy atom. The van der Waals surface area contributed by atoms with E-state index in [1.807, 2.05) is 43.3 Å². The molecule has 1 aromatic carbocycles. The number of aliphatic hydroxyl groups is 1. The zero-order valence-electron chi connectivity index (χ0n) is 8.44. The van der Waals surface area contributed by atoms with Crippen molar-refractivity contribution in [1.82, 2.24) is 0 Å². The summed E-state index contributed by atoms with van der Waals surface area (Å²) in [6, 6.07) is 7.80. The molecule has 0 bridgehead atoms. The van der Waals surface area contributed by atoms with Gasteiger partial charge in [-0.25, -0.2) is 0 Å². The molecule has 1 aromatic rings. The Labute approximate surface area is 84.8 Å². The molecule has 0 aliphatic rings. The summed E-state index contributed by atoms with van der Waals surface area (Å²) in [5.41, 5.74) is 1.13. The first kappa shape index (κ1) is 10.8. The number of hydrogen-bond donors (Lipinski definition) is 1. The Kier molecular flexibility index (Phi) is 4.79. The van der Waals surface area contributed by atoms with Crippen molar-refractivity contribution in [1.29, 1.82) is 0 Å². The van der Waals surface area contributed by atoms with Crippen molar-refractivity contribution < 1.29 is 9.84 Å². The molecular weight excluding hydrogens is 176 g/mol. The summed E-state index contributed by atoms with van der Waals surface area (Å²) < 4.78 is 5.43. The standard InChI is InChI=1S/C12H16O2/c1-2-3-10-14-12-6-4-11(5-7-12)8-9-13/h2-7,13H,8-10H2,1H3/b3-2+. The minimum atomic E-state index is 0.193. The summed E-state index contributed by atoms with van der Waals surface area (Å²) in [6.45, 7) is 2.77. The van der Waals surface area contributed by atoms with Crippen molar-refractivity contribution in [3.8, 4) is 5.75 Å². The average molecular weight is 192 g/mol. The van der Waals surface area contributed by atoms with Gasteiger partial charge in [0.2, 0.25) is 0 Å². The summed E-state index contributed by atoms with van der Waals surface area (Å²) in [6.07, 6.45) is 4.62. The fourth-order valence-electron chi connectivity index (χ4n) is 1.12. The fourth-order valence-corrected chi connectivity index (χ4v) is 1.12. The molecule has 0 amide bonds. The first-order chi connectivity index (χ1) is 6.86. The maximum atomic E-state index is 8.72. The second-order valence-corrected chi connectivity index (χ2v) is 3.00. The molecule has 0 aromatic heterocycles. The van der Waals surface area contributed by atoms with E-state index < -0.39 is 0 Å². The first-order valence-corrected chi connectivity index (χ1v) is 4.80. The van der Waals surface area contributed by atoms with E-state index in [-0.39, 0.29) is 6.61 Å². The molecule has 76 valence electrons. The van der Waals surface area contributed by atoms with Crippen LogP contribution < -0.4 is 4.74 Å². The van der Waals surface area contributed by atoms with E-state index in [1.165, 1.54) is 0 Å². The minimum absolute atomic E-state index is 0.193. The summed E-state index contributed by atoms with van der Waals surface area (Å²) in [7, 11) is 0. The molecule has 2 heteroatoms. The van der Waals surface area contributed by atoms with E-state index in [0.717, 1.165) is 11.3 Å². The van der Waals surface area contributed by atoms with E-state index in [4.69, 9.17) is 9.84 Å². The van der Waals surface area contributed by atoms with Crippen molar-refractivity contribution in [2.45, 2.75) is 13.3 Å². The van der Waals surface area contributed by atoms with Crippen LogP contribution in [0, 0.1) is 0 Å². The second kappa shape index (κ2) is 6.22. The van der Waals surface area contributed by atoms with Crippen LogP contribution in [0.5, 0.6) is 5.75 Å². The maximum absolute atomic E-state index is 8.72. The minimum Gasteiger partial charge on any atom is -0.490 e. The van der Waals surface area contributed by atoms with Crippen LogP contribution in [0.1, 0.15) is 12.5 Å². The van der Waals surface area contributed by atoms with Crippen LogP contribution in [0.4, 0.5) is 0 Å². The molecule has 2 nitrogen and oxygen atoms in total. The van der Waals surface area contributed by atoms with Crippen LogP contribution in [-0.2, 0) is 6.42 Å². The third kappa shape index (κ3) is 3.62. The van der Waals surface area contributed by atoms with Crippen LogP contribution in [0.2, 0.25) is 0 Å². The number of benzene rings is 1. The van der Waals surface area contributed by atoms with Gasteiger partial charge in [0.05, 0.1) is 0 Å². The van der Waals surface area contributed by atoms with E-state index in [9.17, 15) is 0 Å². The van der Waals surface area contributed by atoms with Gasteiger partial charge in [-0.3, -0.25) is 0 Å². The van der Waals surface area contributed by atoms with Gasteiger partial charge < -0.3 is 9.84 Å². The van der Waals surface area contributed by atoms with E-state index in [1.54, 1.807) is 0 Å². The number of hydrogen-bond acceptors (Lipinski definition) is 2. The molecule has 0 unspecified atom stereocenters. The van der Waals surface area contributed by atoms with Gasteiger partial charge in [0.15, 0.2) is 0 Å². The van der Waals surface area contributed by atoms with Crippen LogP contribution in [0.25, 0.3) is 0 Å². The van der Waals surface area contributed by atoms with Crippen LogP contribution in [0.15, 0.2) is 36.4 Å². The van der Waals surface area contributed by atoms with Gasteiger partial charge in [0.1, 0.15) is 12.4 Å². The monoisotopic (exact) mass is 192 g/mol. The lowest BCUT2D eigenvalue weighted by atomic mass is 10.1. The van der Waals surface area contributed by atoms with Crippen LogP contribution in [0.3, 0.4) is 0 Å². The van der Waals surface area contributed by atoms with Gasteiger partial charge in [-0.15, -0.1) is 0 Å². The summed E-state index contributed by atoms with van der Waals surface area (Å²) in [4.78, 5) is 0. The molecule has 0 saturated carbocycles. The zero-order valence-corrected chi connectivity index (χ0v) is 8.44. The van der Waals surface area contributed by atoms with Crippen molar-refractivity contribution >= 4 is 0 Å². The van der Waals surface area contributed by atoms with Crippen molar-refractivity contribution in [3.05, 3.63) is 42.0 Å². The highest BCUT2D eigenvalue weighted by molar-refractivity contribution is 5.27. The predicted molar refractivity (Wildman–Crippen MR) is 57.5 cm³/mol. The van der Waals surface area contributed by atoms with Gasteiger partial charge in [0, 0.05) is 6.61 Å². The number of rotatable bonds is 5. The van der Waals surface area contributed by atoms with Gasteiger partial charge in [-0.2, -0.15) is 0 Å². The number of allylic oxidation sites excluding steroid dienone is 1. The maximum Gasteiger partial charge on any atom is 0.119 e. The summed E-state index contributed by atoms with van der Waals surface area (Å²) in [5, 5.41) is 8.72. The largest absolute Gasteiger partial charge is 0.490 e. The molecule has 0 atom stereocenters. The molecule has 0 radical (unpaired) electrons. The van der Waals surface area contributed by atoms with E-state index in [0.29, 0.717) is 13.0 Å². The highest BCUT2D eigenvalue weighted by Crippen LogP contribution is 2.12. The fraction of sp³-hybridized carbons (Fsp3) is 0.333. The van der Waals surface area contributed by atoms with Crippen molar-refractivity contribution in [3.63, 3.8) is 0 Å². The van der Waals surface area contributed by atoms with Crippen molar-refractivity contribution in [2.75, 3.05) is 13.2 Å². The molecule has 14 heavy (non-hydrogen) atoms. The molecule has 0 aliphatic carbocycles. The summed E-state index contributed by atoms with van der Waals surface area (Å²) in [5.74, 6) is 0.866. The lowest BCUT2D eigenvalue weighted by molar-refractivity contribution is 0.299. The third-order valence-electron chi connectivity index (χ3n) is 1.91. The average Bonchev–Trinajstić information content (AvgIpc) is 2.21. The highest BCUT2D eigenvalue weighted by atomic mass is 16.5. The number of ether oxygens (including phenoxy) is 1. The highest BCUT2D eigenvalue weighted by Gasteiger charge is 1.93. The molecule has 0 spiro atoms. The smallest absolute Gasteiger partial charge is 0.119 e. The molecule has 0 fully saturated rings. The van der Waals surface area contributed by atoms with Crippen LogP contribution in [-0.4, -0.2) is 18.3 Å². The van der Waals surface area contributed by atoms with Crippen molar-refractivity contribution in [2.24, 2.45) is 0 Å². The molecular formula is C12H16O2. The lowest BCUT2D eigenvalue weighted by Gasteiger charge is -2.03. The van der Waals surface area contributed by atoms with E-state index >= 15 is 0 Å². The van der Waals surface area contributed by atoms with Crippen LogP contribution >= 0.6 is 0 Å². The molecule has 1 N–H and O–H groups in total. The first-order valence-electron chi connectivity index (χ1n) is 4.80. The number of aliphatic hydroxyl groups excluding tert-OH is 1. The Bertz CT molecular complexity index is 275. The molecule has 0 aliphatic heterocycles. The quantitative estimate of drug-likeness (QED) is 0.724. The Morgan fingerprint density at radius 1 is 1.29 bits per heavy atom. The topological polar surface area (TPSA) is 29.5 Å². The van der Waals surface area contributed by atoms with Gasteiger partial charge in [0.25, 0.3) is 0 Å². The van der Waals surface area contributed by atoms with E-state index in [2.05, 4.69) is 0 Å². The Hall–Kier alpha value is -1.28. The Balaban J connectivity index is 2.46. The molecule has 0 saturated heterocycles.